The average Bonchev–Trinajstić information content (AvgIpc) is 3.03. The largest absolute Gasteiger partial charge is 0.493 e. The lowest BCUT2D eigenvalue weighted by molar-refractivity contribution is -0.117. The molecule has 0 saturated heterocycles. The first-order chi connectivity index (χ1) is 12.0. The minimum atomic E-state index is -0.514. The number of hydrogen-bond donors (Lipinski definition) is 2. The number of hydrazine groups is 1. The number of methoxy groups -OCH3 is 2. The SMILES string of the molecule is COc1cc(/C=C/C(=O)NNC(=O)c2ccoc2C)cc(Cl)c1OC. The molecule has 2 N–H and O–H groups in total. The smallest absolute Gasteiger partial charge is 0.273 e. The predicted octanol–water partition coefficient (Wildman–Crippen LogP) is 2.73. The second-order valence-electron chi connectivity index (χ2n) is 4.91. The number of hydrogen-bond acceptors (Lipinski definition) is 5. The third-order valence-electron chi connectivity index (χ3n) is 3.29. The number of carbonyl (C=O) groups is 2. The fourth-order valence-corrected chi connectivity index (χ4v) is 2.35. The van der Waals surface area contributed by atoms with E-state index < -0.39 is 11.8 Å². The molecule has 8 heteroatoms. The highest BCUT2D eigenvalue weighted by molar-refractivity contribution is 6.32. The number of nitrogens with one attached hydrogen (secondary N) is 2. The highest BCUT2D eigenvalue weighted by Crippen LogP contribution is 2.36. The maximum Gasteiger partial charge on any atom is 0.273 e. The van der Waals surface area contributed by atoms with Crippen molar-refractivity contribution >= 4 is 29.5 Å². The van der Waals surface area contributed by atoms with E-state index in [1.807, 2.05) is 0 Å². The topological polar surface area (TPSA) is 89.8 Å². The molecular formula is C17H17ClN2O5. The van der Waals surface area contributed by atoms with Crippen LogP contribution in [0.15, 0.2) is 35.0 Å². The van der Waals surface area contributed by atoms with Gasteiger partial charge in [-0.05, 0) is 36.8 Å². The molecule has 0 aliphatic rings. The lowest BCUT2D eigenvalue weighted by Crippen LogP contribution is -2.40. The average molecular weight is 365 g/mol. The Hall–Kier alpha value is -2.93. The van der Waals surface area contributed by atoms with Crippen molar-refractivity contribution in [1.29, 1.82) is 0 Å². The Morgan fingerprint density at radius 1 is 1.20 bits per heavy atom. The predicted molar refractivity (Wildman–Crippen MR) is 92.6 cm³/mol. The first-order valence-corrected chi connectivity index (χ1v) is 7.58. The third kappa shape index (κ3) is 4.54. The van der Waals surface area contributed by atoms with E-state index >= 15 is 0 Å². The van der Waals surface area contributed by atoms with Gasteiger partial charge in [-0.1, -0.05) is 11.6 Å². The Bertz CT molecular complexity index is 813. The zero-order valence-electron chi connectivity index (χ0n) is 13.9. The van der Waals surface area contributed by atoms with Crippen LogP contribution in [0.5, 0.6) is 11.5 Å². The van der Waals surface area contributed by atoms with Crippen LogP contribution in [0.1, 0.15) is 21.7 Å². The van der Waals surface area contributed by atoms with Crippen LogP contribution in [0.25, 0.3) is 6.08 Å². The summed E-state index contributed by atoms with van der Waals surface area (Å²) < 4.78 is 15.4. The normalized spacial score (nSPS) is 10.6. The van der Waals surface area contributed by atoms with E-state index in [-0.39, 0.29) is 0 Å². The van der Waals surface area contributed by atoms with Crippen LogP contribution >= 0.6 is 11.6 Å². The van der Waals surface area contributed by atoms with Crippen LogP contribution in [0, 0.1) is 6.92 Å². The highest BCUT2D eigenvalue weighted by atomic mass is 35.5. The Kier molecular flexibility index (Phi) is 6.08. The molecule has 0 atom stereocenters. The van der Waals surface area contributed by atoms with Crippen molar-refractivity contribution in [2.24, 2.45) is 0 Å². The highest BCUT2D eigenvalue weighted by Gasteiger charge is 2.12. The van der Waals surface area contributed by atoms with Crippen LogP contribution in [0.4, 0.5) is 0 Å². The zero-order valence-corrected chi connectivity index (χ0v) is 14.6. The summed E-state index contributed by atoms with van der Waals surface area (Å²) in [6.45, 7) is 1.65. The summed E-state index contributed by atoms with van der Waals surface area (Å²) in [4.78, 5) is 23.7. The van der Waals surface area contributed by atoms with Gasteiger partial charge in [0, 0.05) is 6.08 Å². The molecule has 2 amide bonds. The van der Waals surface area contributed by atoms with Gasteiger partial charge < -0.3 is 13.9 Å². The van der Waals surface area contributed by atoms with E-state index in [1.165, 1.54) is 38.7 Å². The van der Waals surface area contributed by atoms with Crippen molar-refractivity contribution in [3.63, 3.8) is 0 Å². The summed E-state index contributed by atoms with van der Waals surface area (Å²) in [7, 11) is 2.97. The first-order valence-electron chi connectivity index (χ1n) is 7.20. The summed E-state index contributed by atoms with van der Waals surface area (Å²) in [5.74, 6) is 0.331. The Balaban J connectivity index is 1.99. The van der Waals surface area contributed by atoms with Gasteiger partial charge in [0.05, 0.1) is 31.1 Å². The molecule has 25 heavy (non-hydrogen) atoms. The van der Waals surface area contributed by atoms with Crippen molar-refractivity contribution in [1.82, 2.24) is 10.9 Å². The van der Waals surface area contributed by atoms with Gasteiger partial charge in [-0.2, -0.15) is 0 Å². The number of furan rings is 1. The molecule has 0 saturated carbocycles. The second kappa shape index (κ2) is 8.25. The van der Waals surface area contributed by atoms with Gasteiger partial charge in [0.2, 0.25) is 0 Å². The molecule has 7 nitrogen and oxygen atoms in total. The molecule has 2 aromatic rings. The van der Waals surface area contributed by atoms with E-state index in [0.29, 0.717) is 33.4 Å². The standard InChI is InChI=1S/C17H17ClN2O5/c1-10-12(6-7-25-10)17(22)20-19-15(21)5-4-11-8-13(18)16(24-3)14(9-11)23-2/h4-9H,1-3H3,(H,19,21)(H,20,22)/b5-4+. The molecule has 0 aliphatic heterocycles. The monoisotopic (exact) mass is 364 g/mol. The van der Waals surface area contributed by atoms with Gasteiger partial charge in [-0.25, -0.2) is 0 Å². The molecule has 0 bridgehead atoms. The molecule has 0 spiro atoms. The van der Waals surface area contributed by atoms with Crippen molar-refractivity contribution in [3.05, 3.63) is 52.4 Å². The fraction of sp³-hybridized carbons (Fsp3) is 0.176. The van der Waals surface area contributed by atoms with Crippen LogP contribution in [0.3, 0.4) is 0 Å². The molecule has 132 valence electrons. The Morgan fingerprint density at radius 2 is 1.96 bits per heavy atom. The second-order valence-corrected chi connectivity index (χ2v) is 5.31. The van der Waals surface area contributed by atoms with Crippen LogP contribution in [-0.4, -0.2) is 26.0 Å². The number of ether oxygens (including phenoxy) is 2. The molecular weight excluding hydrogens is 348 g/mol. The van der Waals surface area contributed by atoms with E-state index in [2.05, 4.69) is 10.9 Å². The maximum absolute atomic E-state index is 11.8. The van der Waals surface area contributed by atoms with Gasteiger partial charge in [0.15, 0.2) is 11.5 Å². The van der Waals surface area contributed by atoms with Crippen molar-refractivity contribution in [2.75, 3.05) is 14.2 Å². The fourth-order valence-electron chi connectivity index (χ4n) is 2.05. The minimum absolute atomic E-state index is 0.343. The van der Waals surface area contributed by atoms with E-state index in [1.54, 1.807) is 19.1 Å². The van der Waals surface area contributed by atoms with E-state index in [9.17, 15) is 9.59 Å². The Morgan fingerprint density at radius 3 is 2.56 bits per heavy atom. The molecule has 0 unspecified atom stereocenters. The van der Waals surface area contributed by atoms with Gasteiger partial charge in [-0.15, -0.1) is 0 Å². The molecule has 0 radical (unpaired) electrons. The Labute approximate surface area is 149 Å². The zero-order chi connectivity index (χ0) is 18.4. The van der Waals surface area contributed by atoms with Crippen molar-refractivity contribution in [2.45, 2.75) is 6.92 Å². The van der Waals surface area contributed by atoms with Crippen LogP contribution in [-0.2, 0) is 4.79 Å². The number of carbonyl (C=O) groups excluding carboxylic acids is 2. The van der Waals surface area contributed by atoms with Gasteiger partial charge in [0.1, 0.15) is 5.76 Å². The van der Waals surface area contributed by atoms with Gasteiger partial charge in [-0.3, -0.25) is 20.4 Å². The lowest BCUT2D eigenvalue weighted by atomic mass is 10.2. The van der Waals surface area contributed by atoms with E-state index in [0.717, 1.165) is 0 Å². The molecule has 0 aliphatic carbocycles. The molecule has 1 aromatic heterocycles. The van der Waals surface area contributed by atoms with Crippen molar-refractivity contribution < 1.29 is 23.5 Å². The summed E-state index contributed by atoms with van der Waals surface area (Å²) in [5.41, 5.74) is 5.55. The first kappa shape index (κ1) is 18.4. The maximum atomic E-state index is 11.8. The summed E-state index contributed by atoms with van der Waals surface area (Å²) in [6, 6.07) is 4.81. The van der Waals surface area contributed by atoms with E-state index in [4.69, 9.17) is 25.5 Å². The number of aryl methyl sites for hydroxylation is 1. The lowest BCUT2D eigenvalue weighted by Gasteiger charge is -2.10. The molecule has 2 rings (SSSR count). The van der Waals surface area contributed by atoms with Crippen molar-refractivity contribution in [3.8, 4) is 11.5 Å². The number of benzene rings is 1. The number of amides is 2. The van der Waals surface area contributed by atoms with Gasteiger partial charge in [0.25, 0.3) is 11.8 Å². The molecule has 1 heterocycles. The van der Waals surface area contributed by atoms with Crippen LogP contribution < -0.4 is 20.3 Å². The van der Waals surface area contributed by atoms with Gasteiger partial charge >= 0.3 is 0 Å². The molecule has 0 fully saturated rings. The summed E-state index contributed by atoms with van der Waals surface area (Å²) >= 11 is 6.10. The minimum Gasteiger partial charge on any atom is -0.493 e. The number of rotatable bonds is 5. The molecule has 1 aromatic carbocycles. The quantitative estimate of drug-likeness (QED) is 0.629. The summed E-state index contributed by atoms with van der Waals surface area (Å²) in [6.07, 6.45) is 4.17. The third-order valence-corrected chi connectivity index (χ3v) is 3.57. The number of halogens is 1. The summed E-state index contributed by atoms with van der Waals surface area (Å²) in [5, 5.41) is 0.352. The van der Waals surface area contributed by atoms with Crippen LogP contribution in [0.2, 0.25) is 5.02 Å².